The zero-order chi connectivity index (χ0) is 14.6. The molecule has 6 nitrogen and oxygen atoms in total. The zero-order valence-electron chi connectivity index (χ0n) is 11.4. The Morgan fingerprint density at radius 1 is 1.45 bits per heavy atom. The third-order valence-corrected chi connectivity index (χ3v) is 6.59. The minimum atomic E-state index is -3.54. The van der Waals surface area contributed by atoms with Gasteiger partial charge in [-0.2, -0.15) is 16.1 Å². The van der Waals surface area contributed by atoms with E-state index in [4.69, 9.17) is 5.84 Å². The van der Waals surface area contributed by atoms with E-state index in [-0.39, 0.29) is 4.90 Å². The minimum Gasteiger partial charge on any atom is -0.323 e. The molecule has 0 spiro atoms. The van der Waals surface area contributed by atoms with Crippen molar-refractivity contribution in [3.8, 4) is 0 Å². The molecule has 112 valence electrons. The summed E-state index contributed by atoms with van der Waals surface area (Å²) in [5.41, 5.74) is 2.81. The van der Waals surface area contributed by atoms with Gasteiger partial charge >= 0.3 is 0 Å². The van der Waals surface area contributed by atoms with Gasteiger partial charge in [0.25, 0.3) is 0 Å². The van der Waals surface area contributed by atoms with Gasteiger partial charge in [-0.25, -0.2) is 8.42 Å². The lowest BCUT2D eigenvalue weighted by molar-refractivity contribution is 0.424. The van der Waals surface area contributed by atoms with Gasteiger partial charge in [0.15, 0.2) is 0 Å². The summed E-state index contributed by atoms with van der Waals surface area (Å²) in [7, 11) is -3.54. The summed E-state index contributed by atoms with van der Waals surface area (Å²) in [5, 5.41) is 0.538. The number of hydrogen-bond acceptors (Lipinski definition) is 6. The lowest BCUT2D eigenvalue weighted by Crippen LogP contribution is -2.33. The highest BCUT2D eigenvalue weighted by Crippen LogP contribution is 2.27. The van der Waals surface area contributed by atoms with Crippen molar-refractivity contribution < 1.29 is 8.42 Å². The summed E-state index contributed by atoms with van der Waals surface area (Å²) in [6.45, 7) is 1.10. The molecule has 0 bridgehead atoms. The Labute approximate surface area is 124 Å². The molecule has 1 aromatic rings. The van der Waals surface area contributed by atoms with Crippen molar-refractivity contribution >= 4 is 27.5 Å². The topological polar surface area (TPSA) is 88.3 Å². The summed E-state index contributed by atoms with van der Waals surface area (Å²) < 4.78 is 26.9. The molecule has 0 saturated carbocycles. The van der Waals surface area contributed by atoms with Crippen molar-refractivity contribution in [3.05, 3.63) is 18.5 Å². The van der Waals surface area contributed by atoms with Crippen LogP contribution in [-0.2, 0) is 10.0 Å². The van der Waals surface area contributed by atoms with Gasteiger partial charge in [0.05, 0.1) is 5.69 Å². The maximum absolute atomic E-state index is 12.7. The van der Waals surface area contributed by atoms with Crippen molar-refractivity contribution in [1.82, 2.24) is 9.29 Å². The summed E-state index contributed by atoms with van der Waals surface area (Å²) in [6, 6.07) is 1.56. The molecule has 2 heterocycles. The van der Waals surface area contributed by atoms with Crippen LogP contribution in [0.2, 0.25) is 0 Å². The lowest BCUT2D eigenvalue weighted by atomic mass is 10.2. The summed E-state index contributed by atoms with van der Waals surface area (Å²) in [6.07, 6.45) is 7.76. The molecule has 0 amide bonds. The van der Waals surface area contributed by atoms with Gasteiger partial charge in [0.1, 0.15) is 4.90 Å². The van der Waals surface area contributed by atoms with Crippen LogP contribution in [0, 0.1) is 0 Å². The van der Waals surface area contributed by atoms with Crippen molar-refractivity contribution in [2.24, 2.45) is 5.84 Å². The fourth-order valence-corrected chi connectivity index (χ4v) is 4.70. The number of sulfonamides is 1. The number of aromatic nitrogens is 1. The monoisotopic (exact) mass is 316 g/mol. The first kappa shape index (κ1) is 15.6. The Morgan fingerprint density at radius 2 is 2.25 bits per heavy atom. The number of anilines is 1. The Hall–Kier alpha value is -0.830. The predicted octanol–water partition coefficient (Wildman–Crippen LogP) is 1.27. The molecule has 1 aliphatic rings. The van der Waals surface area contributed by atoms with Gasteiger partial charge in [-0.1, -0.05) is 0 Å². The van der Waals surface area contributed by atoms with E-state index in [2.05, 4.69) is 16.7 Å². The number of thioether (sulfide) groups is 1. The first-order valence-corrected chi connectivity index (χ1v) is 9.26. The van der Waals surface area contributed by atoms with Gasteiger partial charge in [-0.3, -0.25) is 10.8 Å². The number of nitrogens with one attached hydrogen (secondary N) is 1. The highest BCUT2D eigenvalue weighted by Gasteiger charge is 2.29. The van der Waals surface area contributed by atoms with E-state index in [9.17, 15) is 8.42 Å². The van der Waals surface area contributed by atoms with Crippen LogP contribution in [0.4, 0.5) is 5.69 Å². The van der Waals surface area contributed by atoms with E-state index in [0.717, 1.165) is 19.3 Å². The number of hydrogen-bond donors (Lipinski definition) is 2. The van der Waals surface area contributed by atoms with Gasteiger partial charge in [-0.05, 0) is 31.6 Å². The number of rotatable bonds is 4. The second kappa shape index (κ2) is 6.75. The molecule has 1 aliphatic heterocycles. The molecular weight excluding hydrogens is 296 g/mol. The smallest absolute Gasteiger partial charge is 0.246 e. The Balaban J connectivity index is 2.26. The Bertz CT molecular complexity index is 550. The van der Waals surface area contributed by atoms with Crippen LogP contribution in [-0.4, -0.2) is 42.3 Å². The van der Waals surface area contributed by atoms with Crippen LogP contribution >= 0.6 is 11.8 Å². The van der Waals surface area contributed by atoms with Crippen LogP contribution < -0.4 is 11.3 Å². The Kier molecular flexibility index (Phi) is 5.25. The van der Waals surface area contributed by atoms with Crippen LogP contribution in [0.25, 0.3) is 0 Å². The molecule has 1 fully saturated rings. The molecule has 3 N–H and O–H groups in total. The molecule has 0 aliphatic carbocycles. The normalized spacial score (nSPS) is 21.4. The average Bonchev–Trinajstić information content (AvgIpc) is 2.73. The minimum absolute atomic E-state index is 0.144. The van der Waals surface area contributed by atoms with Gasteiger partial charge < -0.3 is 5.43 Å². The average molecular weight is 316 g/mol. The quantitative estimate of drug-likeness (QED) is 0.642. The zero-order valence-corrected chi connectivity index (χ0v) is 13.1. The molecular formula is C12H20N4O2S2. The molecule has 1 atom stereocenters. The van der Waals surface area contributed by atoms with Crippen molar-refractivity contribution in [3.63, 3.8) is 0 Å². The SMILES string of the molecule is CSC1CCCN(S(=O)(=O)c2cnccc2NN)CC1. The number of hydrazine groups is 1. The van der Waals surface area contributed by atoms with Crippen molar-refractivity contribution in [2.75, 3.05) is 24.8 Å². The highest BCUT2D eigenvalue weighted by molar-refractivity contribution is 7.99. The van der Waals surface area contributed by atoms with Gasteiger partial charge in [-0.15, -0.1) is 0 Å². The summed E-state index contributed by atoms with van der Waals surface area (Å²) >= 11 is 1.81. The van der Waals surface area contributed by atoms with E-state index >= 15 is 0 Å². The number of nitrogen functional groups attached to an aromatic ring is 1. The largest absolute Gasteiger partial charge is 0.323 e. The van der Waals surface area contributed by atoms with Crippen LogP contribution in [0.5, 0.6) is 0 Å². The maximum atomic E-state index is 12.7. The van der Waals surface area contributed by atoms with Crippen LogP contribution in [0.15, 0.2) is 23.4 Å². The number of pyridine rings is 1. The predicted molar refractivity (Wildman–Crippen MR) is 82.0 cm³/mol. The van der Waals surface area contributed by atoms with Crippen LogP contribution in [0.3, 0.4) is 0 Å². The van der Waals surface area contributed by atoms with E-state index in [1.807, 2.05) is 11.8 Å². The lowest BCUT2D eigenvalue weighted by Gasteiger charge is -2.21. The molecule has 1 unspecified atom stereocenters. The van der Waals surface area contributed by atoms with E-state index in [1.54, 1.807) is 10.4 Å². The van der Waals surface area contributed by atoms with Crippen LogP contribution in [0.1, 0.15) is 19.3 Å². The first-order valence-electron chi connectivity index (χ1n) is 6.53. The van der Waals surface area contributed by atoms with Crippen molar-refractivity contribution in [1.29, 1.82) is 0 Å². The third-order valence-electron chi connectivity index (χ3n) is 3.53. The fraction of sp³-hybridized carbons (Fsp3) is 0.583. The second-order valence-corrected chi connectivity index (χ2v) is 7.75. The molecule has 0 radical (unpaired) electrons. The van der Waals surface area contributed by atoms with E-state index in [0.29, 0.717) is 24.0 Å². The fourth-order valence-electron chi connectivity index (χ4n) is 2.36. The molecule has 2 rings (SSSR count). The van der Waals surface area contributed by atoms with E-state index < -0.39 is 10.0 Å². The Morgan fingerprint density at radius 3 is 2.95 bits per heavy atom. The standard InChI is InChI=1S/C12H20N4O2S2/c1-19-10-3-2-7-16(8-5-10)20(17,18)12-9-14-6-4-11(12)15-13/h4,6,9-10H,2-3,5,7-8,13H2,1H3,(H,14,15). The summed E-state index contributed by atoms with van der Waals surface area (Å²) in [5.74, 6) is 5.39. The van der Waals surface area contributed by atoms with E-state index in [1.165, 1.54) is 12.4 Å². The van der Waals surface area contributed by atoms with Gasteiger partial charge in [0, 0.05) is 30.7 Å². The van der Waals surface area contributed by atoms with Crippen molar-refractivity contribution in [2.45, 2.75) is 29.4 Å². The van der Waals surface area contributed by atoms with Gasteiger partial charge in [0.2, 0.25) is 10.0 Å². The number of nitrogens with two attached hydrogens (primary N) is 1. The number of nitrogens with zero attached hydrogens (tertiary/aromatic N) is 2. The molecule has 1 aromatic heterocycles. The molecule has 8 heteroatoms. The highest BCUT2D eigenvalue weighted by atomic mass is 32.2. The third kappa shape index (κ3) is 3.25. The molecule has 1 saturated heterocycles. The maximum Gasteiger partial charge on any atom is 0.246 e. The molecule has 20 heavy (non-hydrogen) atoms. The second-order valence-electron chi connectivity index (χ2n) is 4.71. The summed E-state index contributed by atoms with van der Waals surface area (Å²) in [4.78, 5) is 4.05. The first-order chi connectivity index (χ1) is 9.59. The molecule has 0 aromatic carbocycles.